The molecule has 5 nitrogen and oxygen atoms in total. The van der Waals surface area contributed by atoms with Gasteiger partial charge in [-0.15, -0.1) is 0 Å². The van der Waals surface area contributed by atoms with E-state index in [0.717, 1.165) is 19.3 Å². The Hall–Kier alpha value is -1.01. The van der Waals surface area contributed by atoms with Crippen LogP contribution in [0.25, 0.3) is 0 Å². The Morgan fingerprint density at radius 3 is 2.94 bits per heavy atom. The van der Waals surface area contributed by atoms with Gasteiger partial charge in [0.05, 0.1) is 5.41 Å². The lowest BCUT2D eigenvalue weighted by Crippen LogP contribution is -2.44. The molecule has 0 bridgehead atoms. The summed E-state index contributed by atoms with van der Waals surface area (Å²) in [6, 6.07) is -0.0541. The van der Waals surface area contributed by atoms with Crippen molar-refractivity contribution in [1.82, 2.24) is 9.36 Å². The second-order valence-corrected chi connectivity index (χ2v) is 5.27. The second kappa shape index (κ2) is 4.10. The van der Waals surface area contributed by atoms with E-state index in [-0.39, 0.29) is 11.9 Å². The van der Waals surface area contributed by atoms with Crippen LogP contribution in [0.15, 0.2) is 0 Å². The summed E-state index contributed by atoms with van der Waals surface area (Å²) in [5.74, 6) is 0.648. The molecule has 2 unspecified atom stereocenters. The Morgan fingerprint density at radius 1 is 1.69 bits per heavy atom. The summed E-state index contributed by atoms with van der Waals surface area (Å²) in [5.41, 5.74) is 5.52. The van der Waals surface area contributed by atoms with Crippen LogP contribution in [0.4, 0.5) is 5.13 Å². The fourth-order valence-corrected chi connectivity index (χ4v) is 2.63. The maximum Gasteiger partial charge on any atom is 0.233 e. The number of nitrogens with one attached hydrogen (secondary N) is 1. The van der Waals surface area contributed by atoms with E-state index < -0.39 is 5.41 Å². The zero-order valence-electron chi connectivity index (χ0n) is 9.49. The lowest BCUT2D eigenvalue weighted by Gasteiger charge is -2.26. The Bertz CT molecular complexity index is 405. The van der Waals surface area contributed by atoms with Crippen LogP contribution < -0.4 is 11.1 Å². The number of anilines is 1. The van der Waals surface area contributed by atoms with Gasteiger partial charge >= 0.3 is 0 Å². The molecule has 1 aliphatic rings. The third kappa shape index (κ3) is 1.94. The molecule has 0 aromatic carbocycles. The minimum Gasteiger partial charge on any atom is -0.327 e. The first-order chi connectivity index (χ1) is 7.52. The van der Waals surface area contributed by atoms with Gasteiger partial charge in [0.1, 0.15) is 5.82 Å². The van der Waals surface area contributed by atoms with Crippen molar-refractivity contribution < 1.29 is 4.79 Å². The first-order valence-electron chi connectivity index (χ1n) is 5.40. The molecule has 6 heteroatoms. The molecule has 1 heterocycles. The number of carbonyl (C=O) groups excluding carboxylic acids is 1. The van der Waals surface area contributed by atoms with Crippen molar-refractivity contribution in [1.29, 1.82) is 0 Å². The van der Waals surface area contributed by atoms with E-state index in [2.05, 4.69) is 14.7 Å². The average molecular weight is 240 g/mol. The molecule has 88 valence electrons. The molecular weight excluding hydrogens is 224 g/mol. The molecule has 0 aliphatic heterocycles. The minimum absolute atomic E-state index is 0.0337. The van der Waals surface area contributed by atoms with Crippen LogP contribution in [-0.2, 0) is 4.79 Å². The van der Waals surface area contributed by atoms with E-state index in [0.29, 0.717) is 11.0 Å². The summed E-state index contributed by atoms with van der Waals surface area (Å²) in [6.07, 6.45) is 2.77. The predicted octanol–water partition coefficient (Wildman–Crippen LogP) is 1.30. The van der Waals surface area contributed by atoms with Crippen LogP contribution in [0.3, 0.4) is 0 Å². The number of amides is 1. The largest absolute Gasteiger partial charge is 0.327 e. The fourth-order valence-electron chi connectivity index (χ4n) is 2.06. The van der Waals surface area contributed by atoms with Gasteiger partial charge in [-0.25, -0.2) is 4.98 Å². The Kier molecular flexibility index (Phi) is 2.94. The molecule has 2 atom stereocenters. The molecule has 1 saturated carbocycles. The summed E-state index contributed by atoms with van der Waals surface area (Å²) >= 11 is 1.20. The van der Waals surface area contributed by atoms with Crippen molar-refractivity contribution in [3.05, 3.63) is 5.82 Å². The number of aromatic nitrogens is 2. The lowest BCUT2D eigenvalue weighted by atomic mass is 9.84. The van der Waals surface area contributed by atoms with Gasteiger partial charge in [-0.1, -0.05) is 6.42 Å². The number of hydrogen-bond acceptors (Lipinski definition) is 5. The maximum atomic E-state index is 12.1. The topological polar surface area (TPSA) is 80.9 Å². The molecule has 1 aromatic rings. The smallest absolute Gasteiger partial charge is 0.233 e. The number of nitrogens with zero attached hydrogens (tertiary/aromatic N) is 2. The Balaban J connectivity index is 2.08. The SMILES string of the molecule is Cc1nsc(NC(=O)C2(C)CCCC2N)n1. The molecule has 0 radical (unpaired) electrons. The van der Waals surface area contributed by atoms with Crippen molar-refractivity contribution in [3.8, 4) is 0 Å². The van der Waals surface area contributed by atoms with Gasteiger partial charge in [-0.3, -0.25) is 4.79 Å². The summed E-state index contributed by atoms with van der Waals surface area (Å²) in [4.78, 5) is 16.2. The maximum absolute atomic E-state index is 12.1. The van der Waals surface area contributed by atoms with Crippen LogP contribution in [-0.4, -0.2) is 21.3 Å². The van der Waals surface area contributed by atoms with Gasteiger partial charge in [-0.05, 0) is 26.7 Å². The van der Waals surface area contributed by atoms with Gasteiger partial charge in [0.2, 0.25) is 11.0 Å². The van der Waals surface area contributed by atoms with Crippen LogP contribution >= 0.6 is 11.5 Å². The monoisotopic (exact) mass is 240 g/mol. The Morgan fingerprint density at radius 2 is 2.44 bits per heavy atom. The third-order valence-corrected chi connectivity index (χ3v) is 4.02. The average Bonchev–Trinajstić information content (AvgIpc) is 2.76. The van der Waals surface area contributed by atoms with Crippen LogP contribution in [0.5, 0.6) is 0 Å². The molecule has 3 N–H and O–H groups in total. The van der Waals surface area contributed by atoms with Crippen LogP contribution in [0.2, 0.25) is 0 Å². The molecule has 0 spiro atoms. The molecule has 1 aliphatic carbocycles. The van der Waals surface area contributed by atoms with E-state index in [1.165, 1.54) is 11.5 Å². The zero-order valence-corrected chi connectivity index (χ0v) is 10.3. The normalized spacial score (nSPS) is 29.3. The van der Waals surface area contributed by atoms with Gasteiger partial charge in [-0.2, -0.15) is 4.37 Å². The molecular formula is C10H16N4OS. The van der Waals surface area contributed by atoms with Gasteiger partial charge < -0.3 is 11.1 Å². The second-order valence-electron chi connectivity index (χ2n) is 4.52. The van der Waals surface area contributed by atoms with Crippen LogP contribution in [0.1, 0.15) is 32.0 Å². The number of hydrogen-bond donors (Lipinski definition) is 2. The highest BCUT2D eigenvalue weighted by atomic mass is 32.1. The van der Waals surface area contributed by atoms with E-state index in [4.69, 9.17) is 5.73 Å². The van der Waals surface area contributed by atoms with E-state index in [1.807, 2.05) is 6.92 Å². The summed E-state index contributed by atoms with van der Waals surface area (Å²) < 4.78 is 4.02. The quantitative estimate of drug-likeness (QED) is 0.816. The van der Waals surface area contributed by atoms with Crippen LogP contribution in [0, 0.1) is 12.3 Å². The molecule has 16 heavy (non-hydrogen) atoms. The molecule has 1 fully saturated rings. The number of nitrogens with two attached hydrogens (primary N) is 1. The van der Waals surface area contributed by atoms with Crippen molar-refractivity contribution in [2.45, 2.75) is 39.2 Å². The number of aryl methyl sites for hydroxylation is 1. The van der Waals surface area contributed by atoms with Crippen molar-refractivity contribution >= 4 is 22.6 Å². The first-order valence-corrected chi connectivity index (χ1v) is 6.17. The number of carbonyl (C=O) groups is 1. The van der Waals surface area contributed by atoms with Crippen molar-refractivity contribution in [2.75, 3.05) is 5.32 Å². The first kappa shape index (κ1) is 11.5. The van der Waals surface area contributed by atoms with E-state index in [9.17, 15) is 4.79 Å². The lowest BCUT2D eigenvalue weighted by molar-refractivity contribution is -0.125. The number of rotatable bonds is 2. The fraction of sp³-hybridized carbons (Fsp3) is 0.700. The highest BCUT2D eigenvalue weighted by Gasteiger charge is 2.43. The van der Waals surface area contributed by atoms with Gasteiger partial charge in [0.25, 0.3) is 0 Å². The molecule has 1 amide bonds. The molecule has 0 saturated heterocycles. The highest BCUT2D eigenvalue weighted by molar-refractivity contribution is 7.09. The molecule has 1 aromatic heterocycles. The summed E-state index contributed by atoms with van der Waals surface area (Å²) in [6.45, 7) is 3.73. The standard InChI is InChI=1S/C10H16N4OS/c1-6-12-9(16-14-6)13-8(15)10(2)5-3-4-7(10)11/h7H,3-5,11H2,1-2H3,(H,12,13,14,15). The highest BCUT2D eigenvalue weighted by Crippen LogP contribution is 2.37. The Labute approximate surface area is 98.6 Å². The van der Waals surface area contributed by atoms with Gasteiger partial charge in [0.15, 0.2) is 0 Å². The summed E-state index contributed by atoms with van der Waals surface area (Å²) in [7, 11) is 0. The predicted molar refractivity (Wildman–Crippen MR) is 63.2 cm³/mol. The van der Waals surface area contributed by atoms with Crippen molar-refractivity contribution in [3.63, 3.8) is 0 Å². The minimum atomic E-state index is -0.459. The third-order valence-electron chi connectivity index (χ3n) is 3.30. The van der Waals surface area contributed by atoms with Crippen molar-refractivity contribution in [2.24, 2.45) is 11.1 Å². The zero-order chi connectivity index (χ0) is 11.8. The van der Waals surface area contributed by atoms with E-state index >= 15 is 0 Å². The molecule has 2 rings (SSSR count). The van der Waals surface area contributed by atoms with E-state index in [1.54, 1.807) is 6.92 Å². The van der Waals surface area contributed by atoms with Gasteiger partial charge in [0, 0.05) is 17.6 Å². The summed E-state index contributed by atoms with van der Waals surface area (Å²) in [5, 5.41) is 3.36.